The molecule has 0 fully saturated rings. The normalized spacial score (nSPS) is 11.1. The molecule has 3 heteroatoms. The van der Waals surface area contributed by atoms with Gasteiger partial charge >= 0.3 is 5.97 Å². The van der Waals surface area contributed by atoms with Crippen molar-refractivity contribution in [1.82, 2.24) is 0 Å². The van der Waals surface area contributed by atoms with Gasteiger partial charge in [-0.1, -0.05) is 39.8 Å². The molecule has 0 aromatic heterocycles. The molecule has 0 radical (unpaired) electrons. The summed E-state index contributed by atoms with van der Waals surface area (Å²) in [5.74, 6) is -0.149. The average Bonchev–Trinajstić information content (AvgIpc) is 2.17. The first kappa shape index (κ1) is 14.7. The second kappa shape index (κ2) is 8.95. The highest BCUT2D eigenvalue weighted by Gasteiger charge is 1.96. The summed E-state index contributed by atoms with van der Waals surface area (Å²) in [4.78, 5) is 10.8. The van der Waals surface area contributed by atoms with E-state index in [1.165, 1.54) is 11.1 Å². The SMILES string of the molecule is CC(C)=CCC/C(C)=C/COC(=O)CI. The van der Waals surface area contributed by atoms with E-state index in [1.807, 2.05) is 28.7 Å². The molecule has 0 aliphatic heterocycles. The van der Waals surface area contributed by atoms with Gasteiger partial charge < -0.3 is 4.74 Å². The van der Waals surface area contributed by atoms with E-state index in [0.717, 1.165) is 12.8 Å². The molecule has 0 atom stereocenters. The number of halogens is 1. The van der Waals surface area contributed by atoms with Gasteiger partial charge in [-0.15, -0.1) is 0 Å². The van der Waals surface area contributed by atoms with Crippen LogP contribution in [0, 0.1) is 0 Å². The van der Waals surface area contributed by atoms with E-state index in [2.05, 4.69) is 26.8 Å². The van der Waals surface area contributed by atoms with Crippen LogP contribution in [-0.2, 0) is 9.53 Å². The molecule has 0 rings (SSSR count). The molecule has 86 valence electrons. The highest BCUT2D eigenvalue weighted by Crippen LogP contribution is 2.06. The minimum atomic E-state index is -0.149. The van der Waals surface area contributed by atoms with Crippen LogP contribution in [0.15, 0.2) is 23.3 Å². The van der Waals surface area contributed by atoms with Gasteiger partial charge in [-0.2, -0.15) is 0 Å². The van der Waals surface area contributed by atoms with Crippen LogP contribution in [0.3, 0.4) is 0 Å². The van der Waals surface area contributed by atoms with Gasteiger partial charge in [0.15, 0.2) is 0 Å². The zero-order chi connectivity index (χ0) is 11.7. The van der Waals surface area contributed by atoms with E-state index in [9.17, 15) is 4.79 Å². The summed E-state index contributed by atoms with van der Waals surface area (Å²) in [5.41, 5.74) is 2.62. The fourth-order valence-electron chi connectivity index (χ4n) is 1.01. The number of esters is 1. The monoisotopic (exact) mass is 322 g/mol. The Balaban J connectivity index is 3.70. The Morgan fingerprint density at radius 2 is 1.93 bits per heavy atom. The second-order valence-corrected chi connectivity index (χ2v) is 4.45. The number of carbonyl (C=O) groups is 1. The van der Waals surface area contributed by atoms with Gasteiger partial charge in [0.05, 0.1) is 4.43 Å². The largest absolute Gasteiger partial charge is 0.461 e. The first-order chi connectivity index (χ1) is 7.06. The van der Waals surface area contributed by atoms with Crippen molar-refractivity contribution in [3.05, 3.63) is 23.3 Å². The molecule has 0 aromatic rings. The van der Waals surface area contributed by atoms with E-state index in [4.69, 9.17) is 4.74 Å². The van der Waals surface area contributed by atoms with Crippen molar-refractivity contribution in [2.45, 2.75) is 33.6 Å². The van der Waals surface area contributed by atoms with Crippen molar-refractivity contribution < 1.29 is 9.53 Å². The van der Waals surface area contributed by atoms with E-state index in [0.29, 0.717) is 11.0 Å². The van der Waals surface area contributed by atoms with E-state index in [1.54, 1.807) is 0 Å². The van der Waals surface area contributed by atoms with Crippen molar-refractivity contribution in [1.29, 1.82) is 0 Å². The Hall–Kier alpha value is -0.320. The van der Waals surface area contributed by atoms with Crippen LogP contribution in [0.2, 0.25) is 0 Å². The summed E-state index contributed by atoms with van der Waals surface area (Å²) in [6.45, 7) is 6.67. The summed E-state index contributed by atoms with van der Waals surface area (Å²) < 4.78 is 5.37. The lowest BCUT2D eigenvalue weighted by Gasteiger charge is -2.01. The fourth-order valence-corrected chi connectivity index (χ4v) is 1.23. The molecule has 0 aliphatic carbocycles. The smallest absolute Gasteiger partial charge is 0.316 e. The fraction of sp³-hybridized carbons (Fsp3) is 0.583. The third-order valence-electron chi connectivity index (χ3n) is 1.88. The van der Waals surface area contributed by atoms with Crippen LogP contribution in [-0.4, -0.2) is 17.0 Å². The molecule has 0 saturated heterocycles. The number of allylic oxidation sites excluding steroid dienone is 3. The number of alkyl halides is 1. The Morgan fingerprint density at radius 1 is 1.27 bits per heavy atom. The topological polar surface area (TPSA) is 26.3 Å². The summed E-state index contributed by atoms with van der Waals surface area (Å²) in [5, 5.41) is 0. The predicted octanol–water partition coefficient (Wildman–Crippen LogP) is 3.66. The molecule has 0 amide bonds. The van der Waals surface area contributed by atoms with E-state index >= 15 is 0 Å². The van der Waals surface area contributed by atoms with E-state index < -0.39 is 0 Å². The van der Waals surface area contributed by atoms with Gasteiger partial charge in [-0.3, -0.25) is 4.79 Å². The van der Waals surface area contributed by atoms with Crippen molar-refractivity contribution in [2.75, 3.05) is 11.0 Å². The zero-order valence-electron chi connectivity index (χ0n) is 9.68. The lowest BCUT2D eigenvalue weighted by atomic mass is 10.1. The Morgan fingerprint density at radius 3 is 2.47 bits per heavy atom. The first-order valence-corrected chi connectivity index (χ1v) is 6.59. The highest BCUT2D eigenvalue weighted by atomic mass is 127. The lowest BCUT2D eigenvalue weighted by Crippen LogP contribution is -2.05. The average molecular weight is 322 g/mol. The molecule has 2 nitrogen and oxygen atoms in total. The maximum Gasteiger partial charge on any atom is 0.316 e. The molecule has 0 aliphatic rings. The molecule has 0 unspecified atom stereocenters. The molecule has 0 aromatic carbocycles. The molecule has 0 N–H and O–H groups in total. The van der Waals surface area contributed by atoms with Crippen LogP contribution >= 0.6 is 22.6 Å². The van der Waals surface area contributed by atoms with Crippen molar-refractivity contribution in [3.63, 3.8) is 0 Å². The maximum atomic E-state index is 10.8. The van der Waals surface area contributed by atoms with Crippen LogP contribution < -0.4 is 0 Å². The molecule has 0 heterocycles. The standard InChI is InChI=1S/C12H19IO2/c1-10(2)5-4-6-11(3)7-8-15-12(14)9-13/h5,7H,4,6,8-9H2,1-3H3/b11-7+. The van der Waals surface area contributed by atoms with Gasteiger partial charge in [-0.05, 0) is 39.7 Å². The second-order valence-electron chi connectivity index (χ2n) is 3.69. The molecular formula is C12H19IO2. The molecule has 15 heavy (non-hydrogen) atoms. The molecular weight excluding hydrogens is 303 g/mol. The summed E-state index contributed by atoms with van der Waals surface area (Å²) in [6.07, 6.45) is 6.29. The van der Waals surface area contributed by atoms with Crippen LogP contribution in [0.1, 0.15) is 33.6 Å². The molecule has 0 bridgehead atoms. The van der Waals surface area contributed by atoms with Gasteiger partial charge in [0.2, 0.25) is 0 Å². The Bertz CT molecular complexity index is 250. The van der Waals surface area contributed by atoms with Gasteiger partial charge in [0, 0.05) is 0 Å². The highest BCUT2D eigenvalue weighted by molar-refractivity contribution is 14.1. The summed E-state index contributed by atoms with van der Waals surface area (Å²) in [6, 6.07) is 0. The van der Waals surface area contributed by atoms with Gasteiger partial charge in [0.1, 0.15) is 6.61 Å². The predicted molar refractivity (Wildman–Crippen MR) is 72.3 cm³/mol. The zero-order valence-corrected chi connectivity index (χ0v) is 11.8. The Labute approximate surface area is 106 Å². The minimum Gasteiger partial charge on any atom is -0.461 e. The Kier molecular flexibility index (Phi) is 8.76. The van der Waals surface area contributed by atoms with Crippen molar-refractivity contribution in [2.24, 2.45) is 0 Å². The quantitative estimate of drug-likeness (QED) is 0.323. The van der Waals surface area contributed by atoms with Gasteiger partial charge in [0.25, 0.3) is 0 Å². The number of carbonyl (C=O) groups excluding carboxylic acids is 1. The summed E-state index contributed by atoms with van der Waals surface area (Å²) in [7, 11) is 0. The van der Waals surface area contributed by atoms with Crippen molar-refractivity contribution in [3.8, 4) is 0 Å². The number of hydrogen-bond acceptors (Lipinski definition) is 2. The van der Waals surface area contributed by atoms with Crippen LogP contribution in [0.4, 0.5) is 0 Å². The minimum absolute atomic E-state index is 0.149. The van der Waals surface area contributed by atoms with Crippen LogP contribution in [0.25, 0.3) is 0 Å². The van der Waals surface area contributed by atoms with Crippen LogP contribution in [0.5, 0.6) is 0 Å². The first-order valence-electron chi connectivity index (χ1n) is 5.07. The third-order valence-corrected chi connectivity index (χ3v) is 2.50. The van der Waals surface area contributed by atoms with Gasteiger partial charge in [-0.25, -0.2) is 0 Å². The van der Waals surface area contributed by atoms with Crippen molar-refractivity contribution >= 4 is 28.6 Å². The number of hydrogen-bond donors (Lipinski definition) is 0. The lowest BCUT2D eigenvalue weighted by molar-refractivity contribution is -0.138. The molecule has 0 spiro atoms. The number of ether oxygens (including phenoxy) is 1. The van der Waals surface area contributed by atoms with E-state index in [-0.39, 0.29) is 5.97 Å². The number of rotatable bonds is 6. The maximum absolute atomic E-state index is 10.8. The molecule has 0 saturated carbocycles. The third kappa shape index (κ3) is 9.97. The summed E-state index contributed by atoms with van der Waals surface area (Å²) >= 11 is 2.00.